The Bertz CT molecular complexity index is 415. The van der Waals surface area contributed by atoms with Crippen LogP contribution in [-0.4, -0.2) is 11.9 Å². The van der Waals surface area contributed by atoms with Crippen molar-refractivity contribution in [3.05, 3.63) is 33.5 Å². The maximum absolute atomic E-state index is 13.7. The Labute approximate surface area is 96.0 Å². The molecule has 1 aliphatic carbocycles. The van der Waals surface area contributed by atoms with Crippen LogP contribution in [0.4, 0.5) is 4.39 Å². The van der Waals surface area contributed by atoms with Crippen LogP contribution in [0.3, 0.4) is 0 Å². The van der Waals surface area contributed by atoms with Gasteiger partial charge in [-0.15, -0.1) is 0 Å². The number of amides is 1. The Morgan fingerprint density at radius 2 is 2.20 bits per heavy atom. The smallest absolute Gasteiger partial charge is 0.255 e. The monoisotopic (exact) mass is 271 g/mol. The van der Waals surface area contributed by atoms with Crippen LogP contribution in [0.15, 0.2) is 16.6 Å². The second-order valence-corrected chi connectivity index (χ2v) is 4.66. The Morgan fingerprint density at radius 1 is 1.53 bits per heavy atom. The molecule has 15 heavy (non-hydrogen) atoms. The summed E-state index contributed by atoms with van der Waals surface area (Å²) >= 11 is 3.19. The van der Waals surface area contributed by atoms with E-state index in [-0.39, 0.29) is 17.5 Å². The van der Waals surface area contributed by atoms with Gasteiger partial charge in [0.1, 0.15) is 5.82 Å². The lowest BCUT2D eigenvalue weighted by atomic mass is 10.1. The quantitative estimate of drug-likeness (QED) is 0.881. The number of rotatable bonds is 2. The molecule has 1 fully saturated rings. The zero-order valence-corrected chi connectivity index (χ0v) is 9.90. The molecule has 4 heteroatoms. The third-order valence-corrected chi connectivity index (χ3v) is 3.08. The topological polar surface area (TPSA) is 29.1 Å². The summed E-state index contributed by atoms with van der Waals surface area (Å²) in [5, 5.41) is 2.77. The minimum absolute atomic E-state index is 0.113. The van der Waals surface area contributed by atoms with Crippen LogP contribution < -0.4 is 5.32 Å². The molecule has 0 unspecified atom stereocenters. The SMILES string of the molecule is Cc1ccc(Br)c(C(=O)NC2CC2)c1F. The molecule has 2 rings (SSSR count). The summed E-state index contributed by atoms with van der Waals surface area (Å²) in [6.07, 6.45) is 1.99. The van der Waals surface area contributed by atoms with Gasteiger partial charge in [-0.2, -0.15) is 0 Å². The van der Waals surface area contributed by atoms with Gasteiger partial charge in [-0.25, -0.2) is 4.39 Å². The van der Waals surface area contributed by atoms with E-state index in [0.29, 0.717) is 10.0 Å². The summed E-state index contributed by atoms with van der Waals surface area (Å²) in [6, 6.07) is 3.58. The first-order valence-electron chi connectivity index (χ1n) is 4.85. The summed E-state index contributed by atoms with van der Waals surface area (Å²) in [5.74, 6) is -0.770. The lowest BCUT2D eigenvalue weighted by Gasteiger charge is -2.08. The van der Waals surface area contributed by atoms with E-state index in [2.05, 4.69) is 21.2 Å². The van der Waals surface area contributed by atoms with E-state index >= 15 is 0 Å². The van der Waals surface area contributed by atoms with Crippen LogP contribution in [0.1, 0.15) is 28.8 Å². The Balaban J connectivity index is 2.32. The van der Waals surface area contributed by atoms with Gasteiger partial charge < -0.3 is 5.32 Å². The third kappa shape index (κ3) is 2.20. The number of aryl methyl sites for hydroxylation is 1. The van der Waals surface area contributed by atoms with Crippen molar-refractivity contribution in [2.75, 3.05) is 0 Å². The van der Waals surface area contributed by atoms with Gasteiger partial charge in [-0.05, 0) is 47.3 Å². The zero-order valence-electron chi connectivity index (χ0n) is 8.31. The standard InChI is InChI=1S/C11H11BrFNO/c1-6-2-5-8(12)9(10(6)13)11(15)14-7-3-4-7/h2,5,7H,3-4H2,1H3,(H,14,15). The van der Waals surface area contributed by atoms with Gasteiger partial charge >= 0.3 is 0 Å². The molecule has 0 heterocycles. The van der Waals surface area contributed by atoms with Gasteiger partial charge in [0.2, 0.25) is 0 Å². The molecule has 1 amide bonds. The van der Waals surface area contributed by atoms with Crippen molar-refractivity contribution < 1.29 is 9.18 Å². The molecular weight excluding hydrogens is 261 g/mol. The molecule has 1 aromatic carbocycles. The largest absolute Gasteiger partial charge is 0.349 e. The van der Waals surface area contributed by atoms with Crippen LogP contribution in [0, 0.1) is 12.7 Å². The molecule has 0 aliphatic heterocycles. The molecule has 2 nitrogen and oxygen atoms in total. The van der Waals surface area contributed by atoms with Crippen LogP contribution in [0.25, 0.3) is 0 Å². The highest BCUT2D eigenvalue weighted by molar-refractivity contribution is 9.10. The van der Waals surface area contributed by atoms with Crippen LogP contribution in [-0.2, 0) is 0 Å². The Kier molecular flexibility index (Phi) is 2.78. The van der Waals surface area contributed by atoms with Crippen molar-refractivity contribution in [1.82, 2.24) is 5.32 Å². The highest BCUT2D eigenvalue weighted by Crippen LogP contribution is 2.25. The molecular formula is C11H11BrFNO. The van der Waals surface area contributed by atoms with Gasteiger partial charge in [0.15, 0.2) is 0 Å². The molecule has 1 aliphatic rings. The van der Waals surface area contributed by atoms with Crippen LogP contribution >= 0.6 is 15.9 Å². The van der Waals surface area contributed by atoms with Gasteiger partial charge in [-0.1, -0.05) is 6.07 Å². The first-order chi connectivity index (χ1) is 7.09. The molecule has 80 valence electrons. The van der Waals surface area contributed by atoms with Crippen LogP contribution in [0.2, 0.25) is 0 Å². The number of nitrogens with one attached hydrogen (secondary N) is 1. The number of carbonyl (C=O) groups excluding carboxylic acids is 1. The number of hydrogen-bond donors (Lipinski definition) is 1. The minimum Gasteiger partial charge on any atom is -0.349 e. The van der Waals surface area contributed by atoms with E-state index in [1.54, 1.807) is 19.1 Å². The normalized spacial score (nSPS) is 15.1. The number of halogens is 2. The van der Waals surface area contributed by atoms with E-state index < -0.39 is 5.82 Å². The second-order valence-electron chi connectivity index (χ2n) is 3.80. The molecule has 0 saturated heterocycles. The van der Waals surface area contributed by atoms with Crippen molar-refractivity contribution in [3.8, 4) is 0 Å². The summed E-state index contributed by atoms with van der Waals surface area (Å²) < 4.78 is 14.2. The minimum atomic E-state index is -0.442. The van der Waals surface area contributed by atoms with E-state index in [4.69, 9.17) is 0 Å². The predicted molar refractivity (Wildman–Crippen MR) is 59.3 cm³/mol. The fourth-order valence-electron chi connectivity index (χ4n) is 1.35. The first-order valence-corrected chi connectivity index (χ1v) is 5.64. The zero-order chi connectivity index (χ0) is 11.0. The van der Waals surface area contributed by atoms with E-state index in [1.165, 1.54) is 0 Å². The Morgan fingerprint density at radius 3 is 2.80 bits per heavy atom. The lowest BCUT2D eigenvalue weighted by Crippen LogP contribution is -2.26. The lowest BCUT2D eigenvalue weighted by molar-refractivity contribution is 0.0946. The molecule has 0 atom stereocenters. The van der Waals surface area contributed by atoms with Gasteiger partial charge in [-0.3, -0.25) is 4.79 Å². The Hall–Kier alpha value is -0.900. The first kappa shape index (κ1) is 10.6. The van der Waals surface area contributed by atoms with Gasteiger partial charge in [0.25, 0.3) is 5.91 Å². The predicted octanol–water partition coefficient (Wildman–Crippen LogP) is 2.79. The van der Waals surface area contributed by atoms with Crippen molar-refractivity contribution >= 4 is 21.8 Å². The van der Waals surface area contributed by atoms with E-state index in [1.807, 2.05) is 0 Å². The maximum atomic E-state index is 13.7. The fourth-order valence-corrected chi connectivity index (χ4v) is 1.84. The average Bonchev–Trinajstić information content (AvgIpc) is 2.96. The van der Waals surface area contributed by atoms with Crippen molar-refractivity contribution in [2.45, 2.75) is 25.8 Å². The van der Waals surface area contributed by atoms with Gasteiger partial charge in [0, 0.05) is 10.5 Å². The molecule has 0 spiro atoms. The van der Waals surface area contributed by atoms with Crippen LogP contribution in [0.5, 0.6) is 0 Å². The summed E-state index contributed by atoms with van der Waals surface area (Å²) in [5.41, 5.74) is 0.598. The number of carbonyl (C=O) groups is 1. The number of benzene rings is 1. The second kappa shape index (κ2) is 3.93. The molecule has 0 aromatic heterocycles. The average molecular weight is 272 g/mol. The van der Waals surface area contributed by atoms with E-state index in [0.717, 1.165) is 12.8 Å². The molecule has 1 saturated carbocycles. The fraction of sp³-hybridized carbons (Fsp3) is 0.364. The van der Waals surface area contributed by atoms with Gasteiger partial charge in [0.05, 0.1) is 5.56 Å². The molecule has 0 radical (unpaired) electrons. The molecule has 0 bridgehead atoms. The molecule has 1 N–H and O–H groups in total. The van der Waals surface area contributed by atoms with Crippen molar-refractivity contribution in [1.29, 1.82) is 0 Å². The third-order valence-electron chi connectivity index (χ3n) is 2.42. The summed E-state index contributed by atoms with van der Waals surface area (Å²) in [4.78, 5) is 11.7. The highest BCUT2D eigenvalue weighted by atomic mass is 79.9. The van der Waals surface area contributed by atoms with Crippen molar-refractivity contribution in [2.24, 2.45) is 0 Å². The number of hydrogen-bond acceptors (Lipinski definition) is 1. The van der Waals surface area contributed by atoms with Crippen molar-refractivity contribution in [3.63, 3.8) is 0 Å². The highest BCUT2D eigenvalue weighted by Gasteiger charge is 2.26. The van der Waals surface area contributed by atoms with E-state index in [9.17, 15) is 9.18 Å². The maximum Gasteiger partial charge on any atom is 0.255 e. The summed E-state index contributed by atoms with van der Waals surface area (Å²) in [6.45, 7) is 1.65. The summed E-state index contributed by atoms with van der Waals surface area (Å²) in [7, 11) is 0. The molecule has 1 aromatic rings.